The van der Waals surface area contributed by atoms with Crippen LogP contribution in [0, 0.1) is 5.92 Å². The van der Waals surface area contributed by atoms with E-state index in [-0.39, 0.29) is 18.1 Å². The first kappa shape index (κ1) is 12.6. The maximum absolute atomic E-state index is 12.1. The molecule has 0 radical (unpaired) electrons. The Kier molecular flexibility index (Phi) is 3.08. The summed E-state index contributed by atoms with van der Waals surface area (Å²) < 4.78 is 4.08. The Morgan fingerprint density at radius 1 is 1.33 bits per heavy atom. The Morgan fingerprint density at radius 3 is 2.61 bits per heavy atom. The van der Waals surface area contributed by atoms with Gasteiger partial charge in [-0.1, -0.05) is 6.92 Å². The first-order valence-electron chi connectivity index (χ1n) is 5.69. The number of hydrogen-bond acceptors (Lipinski definition) is 4. The predicted octanol–water partition coefficient (Wildman–Crippen LogP) is -0.938. The van der Waals surface area contributed by atoms with Crippen LogP contribution in [0.15, 0.2) is 15.9 Å². The summed E-state index contributed by atoms with van der Waals surface area (Å²) in [5, 5.41) is 9.06. The summed E-state index contributed by atoms with van der Waals surface area (Å²) in [6.07, 6.45) is 1.53. The monoisotopic (exact) mass is 252 g/mol. The molecule has 0 aromatic carbocycles. The van der Waals surface area contributed by atoms with Gasteiger partial charge in [0.1, 0.15) is 0 Å². The van der Waals surface area contributed by atoms with Crippen LogP contribution < -0.4 is 11.2 Å². The number of aliphatic hydroxyl groups is 1. The molecule has 1 atom stereocenters. The molecule has 1 unspecified atom stereocenters. The molecule has 2 heterocycles. The van der Waals surface area contributed by atoms with Crippen molar-refractivity contribution in [3.8, 4) is 0 Å². The minimum absolute atomic E-state index is 0.0179. The molecule has 0 saturated carbocycles. The van der Waals surface area contributed by atoms with Crippen molar-refractivity contribution in [2.45, 2.75) is 13.5 Å². The zero-order valence-electron chi connectivity index (χ0n) is 10.6. The second kappa shape index (κ2) is 4.41. The zero-order valence-corrected chi connectivity index (χ0v) is 10.6. The van der Waals surface area contributed by atoms with Crippen LogP contribution in [-0.2, 0) is 20.6 Å². The van der Waals surface area contributed by atoms with Crippen LogP contribution in [-0.4, -0.2) is 30.4 Å². The summed E-state index contributed by atoms with van der Waals surface area (Å²) in [4.78, 5) is 27.9. The van der Waals surface area contributed by atoms with Crippen molar-refractivity contribution in [3.63, 3.8) is 0 Å². The van der Waals surface area contributed by atoms with E-state index in [2.05, 4.69) is 4.98 Å². The van der Waals surface area contributed by atoms with Crippen LogP contribution in [0.3, 0.4) is 0 Å². The fourth-order valence-corrected chi connectivity index (χ4v) is 1.93. The summed E-state index contributed by atoms with van der Waals surface area (Å²) >= 11 is 0. The first-order chi connectivity index (χ1) is 8.47. The van der Waals surface area contributed by atoms with Gasteiger partial charge in [0.25, 0.3) is 5.56 Å². The molecule has 2 aromatic heterocycles. The summed E-state index contributed by atoms with van der Waals surface area (Å²) in [5.41, 5.74) is -0.00293. The summed E-state index contributed by atoms with van der Waals surface area (Å²) in [7, 11) is 3.02. The lowest BCUT2D eigenvalue weighted by atomic mass is 10.2. The molecule has 0 aliphatic rings. The Hall–Kier alpha value is -1.89. The topological polar surface area (TPSA) is 82.1 Å². The molecule has 0 amide bonds. The SMILES string of the molecule is CC(CO)Cn1cnc2c1c(=O)n(C)c(=O)n2C. The smallest absolute Gasteiger partial charge is 0.332 e. The summed E-state index contributed by atoms with van der Waals surface area (Å²) in [6.45, 7) is 2.39. The van der Waals surface area contributed by atoms with Gasteiger partial charge in [-0.05, 0) is 5.92 Å². The molecule has 0 bridgehead atoms. The average molecular weight is 252 g/mol. The third-order valence-corrected chi connectivity index (χ3v) is 3.04. The van der Waals surface area contributed by atoms with Gasteiger partial charge in [0.15, 0.2) is 11.2 Å². The van der Waals surface area contributed by atoms with Crippen LogP contribution in [0.1, 0.15) is 6.92 Å². The highest BCUT2D eigenvalue weighted by atomic mass is 16.3. The van der Waals surface area contributed by atoms with Crippen molar-refractivity contribution in [1.29, 1.82) is 0 Å². The number of nitrogens with zero attached hydrogens (tertiary/aromatic N) is 4. The van der Waals surface area contributed by atoms with E-state index >= 15 is 0 Å². The Balaban J connectivity index is 2.74. The molecule has 0 aliphatic heterocycles. The molecule has 2 rings (SSSR count). The van der Waals surface area contributed by atoms with Crippen molar-refractivity contribution < 1.29 is 5.11 Å². The maximum atomic E-state index is 12.1. The molecule has 7 nitrogen and oxygen atoms in total. The molecule has 98 valence electrons. The van der Waals surface area contributed by atoms with E-state index < -0.39 is 5.69 Å². The van der Waals surface area contributed by atoms with Gasteiger partial charge in [0.05, 0.1) is 6.33 Å². The lowest BCUT2D eigenvalue weighted by Crippen LogP contribution is -2.37. The number of fused-ring (bicyclic) bond motifs is 1. The molecule has 1 N–H and O–H groups in total. The molecular formula is C11H16N4O3. The number of aryl methyl sites for hydroxylation is 1. The molecule has 0 spiro atoms. The Morgan fingerprint density at radius 2 is 2.00 bits per heavy atom. The van der Waals surface area contributed by atoms with Gasteiger partial charge >= 0.3 is 5.69 Å². The van der Waals surface area contributed by atoms with E-state index in [0.29, 0.717) is 17.7 Å². The second-order valence-electron chi connectivity index (χ2n) is 4.56. The maximum Gasteiger partial charge on any atom is 0.332 e. The fourth-order valence-electron chi connectivity index (χ4n) is 1.93. The van der Waals surface area contributed by atoms with E-state index in [9.17, 15) is 9.59 Å². The number of hydrogen-bond donors (Lipinski definition) is 1. The van der Waals surface area contributed by atoms with E-state index in [0.717, 1.165) is 4.57 Å². The molecule has 2 aromatic rings. The lowest BCUT2D eigenvalue weighted by Gasteiger charge is -2.10. The number of aliphatic hydroxyl groups excluding tert-OH is 1. The van der Waals surface area contributed by atoms with Crippen LogP contribution in [0.4, 0.5) is 0 Å². The summed E-state index contributed by atoms with van der Waals surface area (Å²) in [5.74, 6) is 0.0179. The number of aromatic nitrogens is 4. The largest absolute Gasteiger partial charge is 0.396 e. The molecule has 0 saturated heterocycles. The van der Waals surface area contributed by atoms with Gasteiger partial charge in [0.2, 0.25) is 0 Å². The molecule has 7 heteroatoms. The fraction of sp³-hybridized carbons (Fsp3) is 0.545. The van der Waals surface area contributed by atoms with Gasteiger partial charge in [-0.2, -0.15) is 0 Å². The van der Waals surface area contributed by atoms with Crippen molar-refractivity contribution >= 4 is 11.2 Å². The van der Waals surface area contributed by atoms with E-state index in [1.807, 2.05) is 6.92 Å². The molecule has 18 heavy (non-hydrogen) atoms. The number of rotatable bonds is 3. The van der Waals surface area contributed by atoms with Crippen molar-refractivity contribution in [1.82, 2.24) is 18.7 Å². The van der Waals surface area contributed by atoms with Gasteiger partial charge in [-0.15, -0.1) is 0 Å². The quantitative estimate of drug-likeness (QED) is 0.764. The average Bonchev–Trinajstić information content (AvgIpc) is 2.77. The second-order valence-corrected chi connectivity index (χ2v) is 4.56. The summed E-state index contributed by atoms with van der Waals surface area (Å²) in [6, 6.07) is 0. The normalized spacial score (nSPS) is 13.1. The highest BCUT2D eigenvalue weighted by Gasteiger charge is 2.15. The van der Waals surface area contributed by atoms with E-state index in [4.69, 9.17) is 5.11 Å². The minimum atomic E-state index is -0.395. The first-order valence-corrected chi connectivity index (χ1v) is 5.69. The van der Waals surface area contributed by atoms with Crippen LogP contribution in [0.5, 0.6) is 0 Å². The number of imidazole rings is 1. The van der Waals surface area contributed by atoms with Crippen LogP contribution >= 0.6 is 0 Å². The molecule has 0 fully saturated rings. The molecule has 0 aliphatic carbocycles. The Bertz CT molecular complexity index is 695. The van der Waals surface area contributed by atoms with E-state index in [1.165, 1.54) is 17.9 Å². The van der Waals surface area contributed by atoms with Gasteiger partial charge in [-0.3, -0.25) is 13.9 Å². The highest BCUT2D eigenvalue weighted by molar-refractivity contribution is 5.69. The third-order valence-electron chi connectivity index (χ3n) is 3.04. The van der Waals surface area contributed by atoms with Gasteiger partial charge in [-0.25, -0.2) is 9.78 Å². The standard InChI is InChI=1S/C11H16N4O3/c1-7(5-16)4-15-6-12-9-8(15)10(17)14(3)11(18)13(9)2/h6-7,16H,4-5H2,1-3H3. The van der Waals surface area contributed by atoms with Gasteiger partial charge in [0, 0.05) is 27.2 Å². The third kappa shape index (κ3) is 1.76. The van der Waals surface area contributed by atoms with Crippen LogP contribution in [0.25, 0.3) is 11.2 Å². The van der Waals surface area contributed by atoms with Crippen molar-refractivity contribution in [2.24, 2.45) is 20.0 Å². The minimum Gasteiger partial charge on any atom is -0.396 e. The zero-order chi connectivity index (χ0) is 13.4. The van der Waals surface area contributed by atoms with Crippen LogP contribution in [0.2, 0.25) is 0 Å². The van der Waals surface area contributed by atoms with Crippen molar-refractivity contribution in [2.75, 3.05) is 6.61 Å². The molecular weight excluding hydrogens is 236 g/mol. The van der Waals surface area contributed by atoms with E-state index in [1.54, 1.807) is 11.6 Å². The predicted molar refractivity (Wildman–Crippen MR) is 66.5 cm³/mol. The highest BCUT2D eigenvalue weighted by Crippen LogP contribution is 2.08. The lowest BCUT2D eigenvalue weighted by molar-refractivity contribution is 0.224. The Labute approximate surface area is 103 Å². The van der Waals surface area contributed by atoms with Gasteiger partial charge < -0.3 is 9.67 Å². The van der Waals surface area contributed by atoms with Crippen molar-refractivity contribution in [3.05, 3.63) is 27.2 Å².